The SMILES string of the molecule is Cc1ccn(C2(C(=O)O)CCCCCC2)c(=O)c1. The first-order chi connectivity index (χ1) is 8.56. The van der Waals surface area contributed by atoms with Gasteiger partial charge in [0, 0.05) is 12.3 Å². The first-order valence-electron chi connectivity index (χ1n) is 6.49. The third kappa shape index (κ3) is 2.19. The molecule has 18 heavy (non-hydrogen) atoms. The fourth-order valence-electron chi connectivity index (χ4n) is 2.80. The van der Waals surface area contributed by atoms with Crippen molar-refractivity contribution in [3.63, 3.8) is 0 Å². The number of pyridine rings is 1. The van der Waals surface area contributed by atoms with Gasteiger partial charge in [-0.3, -0.25) is 9.36 Å². The number of aliphatic carboxylic acids is 1. The van der Waals surface area contributed by atoms with Crippen LogP contribution in [0.1, 0.15) is 44.1 Å². The van der Waals surface area contributed by atoms with Gasteiger partial charge in [-0.1, -0.05) is 25.7 Å². The molecule has 0 spiro atoms. The molecule has 1 fully saturated rings. The standard InChI is InChI=1S/C14H19NO3/c1-11-6-9-15(12(16)10-11)14(13(17)18)7-4-2-3-5-8-14/h6,9-10H,2-5,7-8H2,1H3,(H,17,18). The third-order valence-corrected chi connectivity index (χ3v) is 3.87. The number of hydrogen-bond acceptors (Lipinski definition) is 2. The van der Waals surface area contributed by atoms with E-state index in [0.717, 1.165) is 31.2 Å². The molecule has 1 aromatic heterocycles. The fourth-order valence-corrected chi connectivity index (χ4v) is 2.80. The van der Waals surface area contributed by atoms with Crippen LogP contribution < -0.4 is 5.56 Å². The minimum Gasteiger partial charge on any atom is -0.479 e. The molecule has 1 aliphatic carbocycles. The second-order valence-corrected chi connectivity index (χ2v) is 5.16. The van der Waals surface area contributed by atoms with Crippen molar-refractivity contribution in [2.24, 2.45) is 0 Å². The molecule has 0 aliphatic heterocycles. The van der Waals surface area contributed by atoms with E-state index < -0.39 is 11.5 Å². The predicted molar refractivity (Wildman–Crippen MR) is 68.8 cm³/mol. The van der Waals surface area contributed by atoms with Crippen LogP contribution in [0.3, 0.4) is 0 Å². The summed E-state index contributed by atoms with van der Waals surface area (Å²) < 4.78 is 1.42. The highest BCUT2D eigenvalue weighted by molar-refractivity contribution is 5.76. The van der Waals surface area contributed by atoms with Crippen molar-refractivity contribution >= 4 is 5.97 Å². The van der Waals surface area contributed by atoms with Crippen molar-refractivity contribution in [2.45, 2.75) is 51.0 Å². The van der Waals surface area contributed by atoms with Crippen molar-refractivity contribution in [3.8, 4) is 0 Å². The Balaban J connectivity index is 2.52. The Morgan fingerprint density at radius 1 is 1.28 bits per heavy atom. The number of rotatable bonds is 2. The van der Waals surface area contributed by atoms with E-state index in [1.54, 1.807) is 12.3 Å². The molecule has 1 aromatic rings. The summed E-state index contributed by atoms with van der Waals surface area (Å²) in [6.07, 6.45) is 6.57. The number of carboxylic acid groups (broad SMARTS) is 1. The summed E-state index contributed by atoms with van der Waals surface area (Å²) >= 11 is 0. The summed E-state index contributed by atoms with van der Waals surface area (Å²) in [6, 6.07) is 3.31. The Morgan fingerprint density at radius 2 is 1.89 bits per heavy atom. The summed E-state index contributed by atoms with van der Waals surface area (Å²) in [4.78, 5) is 23.8. The quantitative estimate of drug-likeness (QED) is 0.818. The zero-order valence-corrected chi connectivity index (χ0v) is 10.7. The van der Waals surface area contributed by atoms with Gasteiger partial charge in [0.25, 0.3) is 5.56 Å². The topological polar surface area (TPSA) is 59.3 Å². The zero-order valence-electron chi connectivity index (χ0n) is 10.7. The highest BCUT2D eigenvalue weighted by Crippen LogP contribution is 2.33. The summed E-state index contributed by atoms with van der Waals surface area (Å²) in [5.41, 5.74) is -0.383. The molecule has 0 saturated heterocycles. The smallest absolute Gasteiger partial charge is 0.329 e. The first kappa shape index (κ1) is 12.9. The van der Waals surface area contributed by atoms with E-state index in [9.17, 15) is 14.7 Å². The van der Waals surface area contributed by atoms with Crippen molar-refractivity contribution in [1.82, 2.24) is 4.57 Å². The van der Waals surface area contributed by atoms with Crippen LogP contribution in [0.15, 0.2) is 23.1 Å². The second kappa shape index (κ2) is 4.96. The first-order valence-corrected chi connectivity index (χ1v) is 6.49. The van der Waals surface area contributed by atoms with Gasteiger partial charge in [-0.2, -0.15) is 0 Å². The van der Waals surface area contributed by atoms with Crippen LogP contribution in [-0.2, 0) is 10.3 Å². The Bertz CT molecular complexity index is 496. The Morgan fingerprint density at radius 3 is 2.39 bits per heavy atom. The summed E-state index contributed by atoms with van der Waals surface area (Å²) in [5.74, 6) is -0.879. The van der Waals surface area contributed by atoms with Crippen LogP contribution in [0.5, 0.6) is 0 Å². The van der Waals surface area contributed by atoms with Gasteiger partial charge in [-0.25, -0.2) is 4.79 Å². The fraction of sp³-hybridized carbons (Fsp3) is 0.571. The van der Waals surface area contributed by atoms with E-state index in [1.165, 1.54) is 10.6 Å². The maximum atomic E-state index is 12.1. The number of aryl methyl sites for hydroxylation is 1. The Labute approximate surface area is 106 Å². The monoisotopic (exact) mass is 249 g/mol. The summed E-state index contributed by atoms with van der Waals surface area (Å²) in [6.45, 7) is 1.84. The number of nitrogens with zero attached hydrogens (tertiary/aromatic N) is 1. The third-order valence-electron chi connectivity index (χ3n) is 3.87. The van der Waals surface area contributed by atoms with Crippen LogP contribution in [0.2, 0.25) is 0 Å². The lowest BCUT2D eigenvalue weighted by Gasteiger charge is -2.30. The summed E-state index contributed by atoms with van der Waals surface area (Å²) in [5, 5.41) is 9.60. The predicted octanol–water partition coefficient (Wildman–Crippen LogP) is 2.29. The number of hydrogen-bond donors (Lipinski definition) is 1. The van der Waals surface area contributed by atoms with Gasteiger partial charge in [0.1, 0.15) is 5.54 Å². The van der Waals surface area contributed by atoms with Crippen molar-refractivity contribution in [2.75, 3.05) is 0 Å². The molecule has 2 rings (SSSR count). The lowest BCUT2D eigenvalue weighted by Crippen LogP contribution is -2.46. The summed E-state index contributed by atoms with van der Waals surface area (Å²) in [7, 11) is 0. The molecule has 0 amide bonds. The zero-order chi connectivity index (χ0) is 13.2. The van der Waals surface area contributed by atoms with E-state index in [1.807, 2.05) is 6.92 Å². The molecule has 1 saturated carbocycles. The normalized spacial score (nSPS) is 19.2. The van der Waals surface area contributed by atoms with Crippen LogP contribution in [0.25, 0.3) is 0 Å². The van der Waals surface area contributed by atoms with Crippen molar-refractivity contribution in [3.05, 3.63) is 34.2 Å². The van der Waals surface area contributed by atoms with E-state index in [4.69, 9.17) is 0 Å². The van der Waals surface area contributed by atoms with Gasteiger partial charge in [-0.15, -0.1) is 0 Å². The van der Waals surface area contributed by atoms with E-state index in [-0.39, 0.29) is 5.56 Å². The second-order valence-electron chi connectivity index (χ2n) is 5.16. The molecule has 0 atom stereocenters. The Hall–Kier alpha value is -1.58. The minimum absolute atomic E-state index is 0.209. The lowest BCUT2D eigenvalue weighted by molar-refractivity contribution is -0.148. The maximum Gasteiger partial charge on any atom is 0.329 e. The van der Waals surface area contributed by atoms with Gasteiger partial charge in [0.2, 0.25) is 0 Å². The maximum absolute atomic E-state index is 12.1. The van der Waals surface area contributed by atoms with Crippen LogP contribution in [0, 0.1) is 6.92 Å². The molecule has 98 valence electrons. The highest BCUT2D eigenvalue weighted by atomic mass is 16.4. The van der Waals surface area contributed by atoms with Crippen LogP contribution >= 0.6 is 0 Å². The largest absolute Gasteiger partial charge is 0.479 e. The van der Waals surface area contributed by atoms with E-state index >= 15 is 0 Å². The minimum atomic E-state index is -1.04. The molecule has 4 heteroatoms. The molecule has 0 radical (unpaired) electrons. The van der Waals surface area contributed by atoms with E-state index in [0.29, 0.717) is 12.8 Å². The van der Waals surface area contributed by atoms with Crippen LogP contribution in [-0.4, -0.2) is 15.6 Å². The molecular formula is C14H19NO3. The molecular weight excluding hydrogens is 230 g/mol. The van der Waals surface area contributed by atoms with Crippen molar-refractivity contribution < 1.29 is 9.90 Å². The van der Waals surface area contributed by atoms with Crippen LogP contribution in [0.4, 0.5) is 0 Å². The molecule has 4 nitrogen and oxygen atoms in total. The van der Waals surface area contributed by atoms with Gasteiger partial charge in [-0.05, 0) is 31.4 Å². The average Bonchev–Trinajstić information content (AvgIpc) is 2.55. The molecule has 0 aromatic carbocycles. The average molecular weight is 249 g/mol. The van der Waals surface area contributed by atoms with Gasteiger partial charge in [0.15, 0.2) is 0 Å². The van der Waals surface area contributed by atoms with Crippen molar-refractivity contribution in [1.29, 1.82) is 0 Å². The van der Waals surface area contributed by atoms with Gasteiger partial charge >= 0.3 is 5.97 Å². The number of carbonyl (C=O) groups is 1. The molecule has 0 bridgehead atoms. The molecule has 1 aliphatic rings. The van der Waals surface area contributed by atoms with Gasteiger partial charge < -0.3 is 5.11 Å². The highest BCUT2D eigenvalue weighted by Gasteiger charge is 2.40. The lowest BCUT2D eigenvalue weighted by atomic mass is 9.89. The Kier molecular flexibility index (Phi) is 3.55. The molecule has 1 heterocycles. The molecule has 1 N–H and O–H groups in total. The van der Waals surface area contributed by atoms with E-state index in [2.05, 4.69) is 0 Å². The number of carboxylic acids is 1. The number of aromatic nitrogens is 1. The van der Waals surface area contributed by atoms with Gasteiger partial charge in [0.05, 0.1) is 0 Å². The molecule has 0 unspecified atom stereocenters.